The summed E-state index contributed by atoms with van der Waals surface area (Å²) < 4.78 is 43.7. The first-order valence-electron chi connectivity index (χ1n) is 23.1. The van der Waals surface area contributed by atoms with Gasteiger partial charge in [-0.15, -0.1) is 0 Å². The number of hydrogen-bond acceptors (Lipinski definition) is 3. The summed E-state index contributed by atoms with van der Waals surface area (Å²) in [5, 5.41) is 4.47. The molecule has 3 heteroatoms. The molecule has 0 spiro atoms. The minimum Gasteiger partial charge on any atom is -0.208 e. The summed E-state index contributed by atoms with van der Waals surface area (Å²) in [7, 11) is 0. The molecular weight excluding hydrogens is 751 g/mol. The van der Waals surface area contributed by atoms with Gasteiger partial charge in [-0.05, 0) is 114 Å². The predicted octanol–water partition coefficient (Wildman–Crippen LogP) is 15.5. The molecule has 1 heterocycles. The van der Waals surface area contributed by atoms with Gasteiger partial charge in [0, 0.05) is 16.7 Å². The van der Waals surface area contributed by atoms with Crippen LogP contribution in [0.25, 0.3) is 111 Å². The summed E-state index contributed by atoms with van der Waals surface area (Å²) in [4.78, 5) is 15.7. The van der Waals surface area contributed by atoms with Crippen molar-refractivity contribution >= 4 is 21.5 Å². The molecule has 0 saturated heterocycles. The Morgan fingerprint density at radius 1 is 0.242 bits per heavy atom. The lowest BCUT2D eigenvalue weighted by Crippen LogP contribution is -2.02. The molecule has 0 bridgehead atoms. The molecule has 0 N–H and O–H groups in total. The zero-order chi connectivity index (χ0) is 45.6. The Morgan fingerprint density at radius 3 is 1.18 bits per heavy atom. The highest BCUT2D eigenvalue weighted by Gasteiger charge is 2.19. The van der Waals surface area contributed by atoms with Crippen molar-refractivity contribution in [3.05, 3.63) is 236 Å². The van der Waals surface area contributed by atoms with Crippen molar-refractivity contribution in [2.24, 2.45) is 0 Å². The lowest BCUT2D eigenvalue weighted by molar-refractivity contribution is 1.07. The zero-order valence-corrected chi connectivity index (χ0v) is 33.5. The molecule has 0 radical (unpaired) electrons. The normalized spacial score (nSPS) is 12.4. The van der Waals surface area contributed by atoms with E-state index < -0.39 is 18.1 Å². The van der Waals surface area contributed by atoms with Gasteiger partial charge in [-0.2, -0.15) is 0 Å². The number of aromatic nitrogens is 3. The van der Waals surface area contributed by atoms with Crippen LogP contribution < -0.4 is 0 Å². The molecule has 11 aromatic rings. The second-order valence-corrected chi connectivity index (χ2v) is 15.3. The SMILES string of the molecule is [2H]c1c([2H])c([2H])c(-c2cc(-c3ccc4cc(-c5ccc6ccccc6c5)ccc4c3)cc(-c3nc(-c4ccccc4-c4ccccc4)nc(-c4ccccc4-c4ccccc4)n3)c2)c([2H])c1[2H]. The van der Waals surface area contributed by atoms with E-state index in [1.54, 1.807) is 0 Å². The van der Waals surface area contributed by atoms with E-state index in [0.717, 1.165) is 66.4 Å². The third-order valence-electron chi connectivity index (χ3n) is 11.4. The third-order valence-corrected chi connectivity index (χ3v) is 11.4. The molecule has 0 amide bonds. The molecule has 1 aromatic heterocycles. The van der Waals surface area contributed by atoms with Crippen molar-refractivity contribution < 1.29 is 6.85 Å². The largest absolute Gasteiger partial charge is 0.208 e. The van der Waals surface area contributed by atoms with E-state index in [-0.39, 0.29) is 17.6 Å². The van der Waals surface area contributed by atoms with E-state index in [2.05, 4.69) is 115 Å². The molecule has 0 aliphatic heterocycles. The number of rotatable bonds is 8. The minimum atomic E-state index is -0.450. The molecule has 10 aromatic carbocycles. The summed E-state index contributed by atoms with van der Waals surface area (Å²) in [6, 6.07) is 67.9. The Balaban J connectivity index is 1.13. The molecule has 0 atom stereocenters. The quantitative estimate of drug-likeness (QED) is 0.154. The van der Waals surface area contributed by atoms with Crippen LogP contribution in [0.15, 0.2) is 236 Å². The lowest BCUT2D eigenvalue weighted by Gasteiger charge is -2.15. The topological polar surface area (TPSA) is 38.7 Å². The maximum Gasteiger partial charge on any atom is 0.164 e. The average molecular weight is 795 g/mol. The van der Waals surface area contributed by atoms with Crippen LogP contribution in [0.3, 0.4) is 0 Å². The number of hydrogen-bond donors (Lipinski definition) is 0. The maximum absolute atomic E-state index is 9.06. The standard InChI is InChI=1S/C59H39N3/c1-4-16-40(17-5-1)50-37-51(49-33-32-47-35-46(30-31-48(47)36-49)45-29-28-41-18-10-11-23-44(41)34-45)39-52(38-50)57-60-58(55-26-14-12-24-53(55)42-19-6-2-7-20-42)62-59(61-57)56-27-15-13-25-54(56)43-21-8-3-9-22-43/h1-39H/i1D,4D,5D,16D,17D. The van der Waals surface area contributed by atoms with Gasteiger partial charge >= 0.3 is 0 Å². The highest BCUT2D eigenvalue weighted by Crippen LogP contribution is 2.38. The zero-order valence-electron chi connectivity index (χ0n) is 38.5. The fraction of sp³-hybridized carbons (Fsp3) is 0. The summed E-state index contributed by atoms with van der Waals surface area (Å²) >= 11 is 0. The van der Waals surface area contributed by atoms with Crippen LogP contribution in [0, 0.1) is 0 Å². The van der Waals surface area contributed by atoms with Crippen molar-refractivity contribution in [1.29, 1.82) is 0 Å². The van der Waals surface area contributed by atoms with Crippen LogP contribution in [-0.2, 0) is 0 Å². The van der Waals surface area contributed by atoms with Crippen LogP contribution in [0.5, 0.6) is 0 Å². The van der Waals surface area contributed by atoms with E-state index in [1.807, 2.05) is 91.0 Å². The van der Waals surface area contributed by atoms with Crippen molar-refractivity contribution in [2.45, 2.75) is 0 Å². The van der Waals surface area contributed by atoms with Crippen LogP contribution in [0.1, 0.15) is 6.85 Å². The molecule has 290 valence electrons. The van der Waals surface area contributed by atoms with E-state index in [0.29, 0.717) is 28.6 Å². The van der Waals surface area contributed by atoms with Crippen molar-refractivity contribution in [3.63, 3.8) is 0 Å². The first-order chi connectivity index (χ1) is 32.8. The Morgan fingerprint density at radius 2 is 0.629 bits per heavy atom. The number of fused-ring (bicyclic) bond motifs is 2. The smallest absolute Gasteiger partial charge is 0.164 e. The van der Waals surface area contributed by atoms with Crippen LogP contribution in [0.2, 0.25) is 0 Å². The molecule has 0 fully saturated rings. The van der Waals surface area contributed by atoms with Crippen LogP contribution in [0.4, 0.5) is 0 Å². The molecule has 3 nitrogen and oxygen atoms in total. The van der Waals surface area contributed by atoms with Gasteiger partial charge < -0.3 is 0 Å². The number of nitrogens with zero attached hydrogens (tertiary/aromatic N) is 3. The van der Waals surface area contributed by atoms with Gasteiger partial charge in [-0.3, -0.25) is 0 Å². The maximum atomic E-state index is 9.06. The van der Waals surface area contributed by atoms with E-state index in [4.69, 9.17) is 21.8 Å². The Kier molecular flexibility index (Phi) is 8.19. The van der Waals surface area contributed by atoms with Gasteiger partial charge in [-0.1, -0.05) is 200 Å². The van der Waals surface area contributed by atoms with Crippen LogP contribution >= 0.6 is 0 Å². The van der Waals surface area contributed by atoms with Crippen molar-refractivity contribution in [3.8, 4) is 89.8 Å². The summed E-state index contributed by atoms with van der Waals surface area (Å²) in [6.45, 7) is 0. The Hall–Kier alpha value is -8.27. The fourth-order valence-corrected chi connectivity index (χ4v) is 8.28. The van der Waals surface area contributed by atoms with Gasteiger partial charge in [0.15, 0.2) is 17.5 Å². The summed E-state index contributed by atoms with van der Waals surface area (Å²) in [5.74, 6) is 1.29. The molecular formula is C59H39N3. The van der Waals surface area contributed by atoms with E-state index >= 15 is 0 Å². The van der Waals surface area contributed by atoms with Gasteiger partial charge in [0.2, 0.25) is 0 Å². The third kappa shape index (κ3) is 7.23. The second kappa shape index (κ2) is 16.1. The highest BCUT2D eigenvalue weighted by molar-refractivity contribution is 5.94. The lowest BCUT2D eigenvalue weighted by atomic mass is 9.93. The van der Waals surface area contributed by atoms with E-state index in [9.17, 15) is 0 Å². The van der Waals surface area contributed by atoms with Gasteiger partial charge in [0.25, 0.3) is 0 Å². The second-order valence-electron chi connectivity index (χ2n) is 15.3. The fourth-order valence-electron chi connectivity index (χ4n) is 8.28. The summed E-state index contributed by atoms with van der Waals surface area (Å²) in [6.07, 6.45) is 0. The monoisotopic (exact) mass is 794 g/mol. The highest BCUT2D eigenvalue weighted by atomic mass is 15.0. The average Bonchev–Trinajstić information content (AvgIpc) is 3.39. The van der Waals surface area contributed by atoms with Gasteiger partial charge in [0.1, 0.15) is 0 Å². The molecule has 0 unspecified atom stereocenters. The van der Waals surface area contributed by atoms with Gasteiger partial charge in [0.05, 0.1) is 6.85 Å². The van der Waals surface area contributed by atoms with Crippen molar-refractivity contribution in [2.75, 3.05) is 0 Å². The Bertz CT molecular complexity index is 3580. The van der Waals surface area contributed by atoms with Crippen molar-refractivity contribution in [1.82, 2.24) is 15.0 Å². The summed E-state index contributed by atoms with van der Waals surface area (Å²) in [5.41, 5.74) is 10.6. The molecule has 62 heavy (non-hydrogen) atoms. The van der Waals surface area contributed by atoms with Gasteiger partial charge in [-0.25, -0.2) is 15.0 Å². The van der Waals surface area contributed by atoms with Crippen LogP contribution in [-0.4, -0.2) is 15.0 Å². The first kappa shape index (κ1) is 31.6. The molecule has 0 aliphatic rings. The van der Waals surface area contributed by atoms with E-state index in [1.165, 1.54) is 10.8 Å². The minimum absolute atomic E-state index is 0.0910. The Labute approximate surface area is 368 Å². The predicted molar refractivity (Wildman–Crippen MR) is 258 cm³/mol. The first-order valence-corrected chi connectivity index (χ1v) is 20.6. The molecule has 11 rings (SSSR count). The molecule has 0 saturated carbocycles. The molecule has 0 aliphatic carbocycles. The number of benzene rings is 10.